The van der Waals surface area contributed by atoms with Crippen LogP contribution in [0.1, 0.15) is 20.3 Å². The number of rotatable bonds is 3. The Morgan fingerprint density at radius 3 is 2.33 bits per heavy atom. The van der Waals surface area contributed by atoms with Crippen molar-refractivity contribution in [1.82, 2.24) is 0 Å². The van der Waals surface area contributed by atoms with Crippen molar-refractivity contribution in [3.8, 4) is 0 Å². The fraction of sp³-hybridized carbons (Fsp3) is 0.833. The van der Waals surface area contributed by atoms with E-state index in [4.69, 9.17) is 10.8 Å². The smallest absolute Gasteiger partial charge is 0.307 e. The predicted molar refractivity (Wildman–Crippen MR) is 35.1 cm³/mol. The molecule has 0 aromatic rings. The Balaban J connectivity index is 3.72. The van der Waals surface area contributed by atoms with E-state index in [1.807, 2.05) is 6.92 Å². The molecule has 0 aliphatic carbocycles. The summed E-state index contributed by atoms with van der Waals surface area (Å²) in [6.45, 7) is 3.50. The SMILES string of the molecule is CC[C@H](N)C(C)C(=O)O. The summed E-state index contributed by atoms with van der Waals surface area (Å²) < 4.78 is 0. The summed E-state index contributed by atoms with van der Waals surface area (Å²) in [5.74, 6) is -1.24. The van der Waals surface area contributed by atoms with Crippen molar-refractivity contribution in [1.29, 1.82) is 0 Å². The number of carboxylic acids is 1. The molecule has 1 unspecified atom stereocenters. The number of hydrogen-bond donors (Lipinski definition) is 2. The molecule has 3 N–H and O–H groups in total. The molecule has 0 rings (SSSR count). The summed E-state index contributed by atoms with van der Waals surface area (Å²) in [6.07, 6.45) is 0.716. The lowest BCUT2D eigenvalue weighted by Crippen LogP contribution is -2.32. The number of hydrogen-bond acceptors (Lipinski definition) is 2. The largest absolute Gasteiger partial charge is 0.481 e. The van der Waals surface area contributed by atoms with Gasteiger partial charge in [0.25, 0.3) is 0 Å². The predicted octanol–water partition coefficient (Wildman–Crippen LogP) is 0.444. The van der Waals surface area contributed by atoms with Crippen LogP contribution in [0.25, 0.3) is 0 Å². The molecule has 3 heteroatoms. The van der Waals surface area contributed by atoms with Crippen molar-refractivity contribution < 1.29 is 9.90 Å². The van der Waals surface area contributed by atoms with Crippen LogP contribution >= 0.6 is 0 Å². The van der Waals surface area contributed by atoms with E-state index in [0.717, 1.165) is 0 Å². The lowest BCUT2D eigenvalue weighted by Gasteiger charge is -2.12. The Bertz CT molecular complexity index is 103. The monoisotopic (exact) mass is 131 g/mol. The lowest BCUT2D eigenvalue weighted by atomic mass is 10.0. The van der Waals surface area contributed by atoms with Gasteiger partial charge in [0.2, 0.25) is 0 Å². The maximum atomic E-state index is 10.2. The molecule has 3 nitrogen and oxygen atoms in total. The minimum Gasteiger partial charge on any atom is -0.481 e. The zero-order valence-corrected chi connectivity index (χ0v) is 5.79. The molecule has 0 aliphatic rings. The summed E-state index contributed by atoms with van der Waals surface area (Å²) in [5.41, 5.74) is 5.44. The van der Waals surface area contributed by atoms with Gasteiger partial charge < -0.3 is 10.8 Å². The quantitative estimate of drug-likeness (QED) is 0.584. The van der Waals surface area contributed by atoms with Crippen molar-refractivity contribution in [2.45, 2.75) is 26.3 Å². The fourth-order valence-corrected chi connectivity index (χ4v) is 0.537. The van der Waals surface area contributed by atoms with E-state index in [9.17, 15) is 4.79 Å². The van der Waals surface area contributed by atoms with Gasteiger partial charge in [0.1, 0.15) is 0 Å². The molecule has 0 aliphatic heterocycles. The highest BCUT2D eigenvalue weighted by molar-refractivity contribution is 5.70. The summed E-state index contributed by atoms with van der Waals surface area (Å²) in [7, 11) is 0. The molecule has 0 fully saturated rings. The van der Waals surface area contributed by atoms with Gasteiger partial charge in [-0.3, -0.25) is 4.79 Å². The van der Waals surface area contributed by atoms with Crippen LogP contribution in [-0.2, 0) is 4.79 Å². The third-order valence-corrected chi connectivity index (χ3v) is 1.50. The molecule has 54 valence electrons. The Hall–Kier alpha value is -0.570. The summed E-state index contributed by atoms with van der Waals surface area (Å²) in [5, 5.41) is 8.40. The van der Waals surface area contributed by atoms with Gasteiger partial charge in [0, 0.05) is 6.04 Å². The van der Waals surface area contributed by atoms with Crippen LogP contribution in [-0.4, -0.2) is 17.1 Å². The highest BCUT2D eigenvalue weighted by Gasteiger charge is 2.17. The van der Waals surface area contributed by atoms with Gasteiger partial charge in [0.05, 0.1) is 5.92 Å². The summed E-state index contributed by atoms with van der Waals surface area (Å²) in [4.78, 5) is 10.2. The minimum atomic E-state index is -0.815. The number of aliphatic carboxylic acids is 1. The van der Waals surface area contributed by atoms with Crippen LogP contribution in [0.2, 0.25) is 0 Å². The fourth-order valence-electron chi connectivity index (χ4n) is 0.537. The Morgan fingerprint density at radius 1 is 1.78 bits per heavy atom. The van der Waals surface area contributed by atoms with Gasteiger partial charge >= 0.3 is 5.97 Å². The van der Waals surface area contributed by atoms with Crippen molar-refractivity contribution >= 4 is 5.97 Å². The van der Waals surface area contributed by atoms with Gasteiger partial charge in [-0.25, -0.2) is 0 Å². The van der Waals surface area contributed by atoms with Crippen LogP contribution < -0.4 is 5.73 Å². The van der Waals surface area contributed by atoms with Gasteiger partial charge in [0.15, 0.2) is 0 Å². The molecule has 0 bridgehead atoms. The molecule has 0 heterocycles. The van der Waals surface area contributed by atoms with Crippen molar-refractivity contribution in [3.63, 3.8) is 0 Å². The molecule has 0 aromatic carbocycles. The molecular weight excluding hydrogens is 118 g/mol. The van der Waals surface area contributed by atoms with Crippen LogP contribution in [0.15, 0.2) is 0 Å². The maximum Gasteiger partial charge on any atom is 0.307 e. The number of carboxylic acid groups (broad SMARTS) is 1. The Labute approximate surface area is 54.9 Å². The molecule has 0 spiro atoms. The highest BCUT2D eigenvalue weighted by atomic mass is 16.4. The van der Waals surface area contributed by atoms with Crippen LogP contribution in [0.3, 0.4) is 0 Å². The first-order valence-corrected chi connectivity index (χ1v) is 3.08. The minimum absolute atomic E-state index is 0.206. The third-order valence-electron chi connectivity index (χ3n) is 1.50. The molecule has 0 saturated carbocycles. The van der Waals surface area contributed by atoms with E-state index in [0.29, 0.717) is 6.42 Å². The topological polar surface area (TPSA) is 63.3 Å². The van der Waals surface area contributed by atoms with Gasteiger partial charge in [-0.15, -0.1) is 0 Å². The summed E-state index contributed by atoms with van der Waals surface area (Å²) >= 11 is 0. The van der Waals surface area contributed by atoms with E-state index >= 15 is 0 Å². The standard InChI is InChI=1S/C6H13NO2/c1-3-5(7)4(2)6(8)9/h4-5H,3,7H2,1-2H3,(H,8,9)/t4?,5-/m0/s1. The second kappa shape index (κ2) is 3.45. The van der Waals surface area contributed by atoms with Gasteiger partial charge in [-0.05, 0) is 6.42 Å². The van der Waals surface area contributed by atoms with Crippen molar-refractivity contribution in [2.24, 2.45) is 11.7 Å². The van der Waals surface area contributed by atoms with E-state index in [1.165, 1.54) is 0 Å². The van der Waals surface area contributed by atoms with E-state index in [2.05, 4.69) is 0 Å². The second-order valence-electron chi connectivity index (χ2n) is 2.20. The van der Waals surface area contributed by atoms with Gasteiger partial charge in [-0.2, -0.15) is 0 Å². The number of nitrogens with two attached hydrogens (primary N) is 1. The van der Waals surface area contributed by atoms with E-state index < -0.39 is 11.9 Å². The third kappa shape index (κ3) is 2.46. The number of carbonyl (C=O) groups is 1. The Morgan fingerprint density at radius 2 is 2.22 bits per heavy atom. The highest BCUT2D eigenvalue weighted by Crippen LogP contribution is 2.02. The zero-order valence-electron chi connectivity index (χ0n) is 5.79. The molecule has 2 atom stereocenters. The zero-order chi connectivity index (χ0) is 7.44. The maximum absolute atomic E-state index is 10.2. The van der Waals surface area contributed by atoms with E-state index in [-0.39, 0.29) is 6.04 Å². The first-order chi connectivity index (χ1) is 4.09. The van der Waals surface area contributed by atoms with Crippen molar-refractivity contribution in [3.05, 3.63) is 0 Å². The molecule has 0 saturated heterocycles. The van der Waals surface area contributed by atoms with Crippen LogP contribution in [0, 0.1) is 5.92 Å². The molecular formula is C6H13NO2. The average Bonchev–Trinajstić information content (AvgIpc) is 1.84. The molecule has 0 aromatic heterocycles. The van der Waals surface area contributed by atoms with Crippen LogP contribution in [0.4, 0.5) is 0 Å². The molecule has 0 amide bonds. The molecule has 0 radical (unpaired) electrons. The van der Waals surface area contributed by atoms with Crippen LogP contribution in [0.5, 0.6) is 0 Å². The lowest BCUT2D eigenvalue weighted by molar-refractivity contribution is -0.141. The first-order valence-electron chi connectivity index (χ1n) is 3.08. The van der Waals surface area contributed by atoms with E-state index in [1.54, 1.807) is 6.92 Å². The second-order valence-corrected chi connectivity index (χ2v) is 2.20. The van der Waals surface area contributed by atoms with Crippen molar-refractivity contribution in [2.75, 3.05) is 0 Å². The Kier molecular flexibility index (Phi) is 3.24. The molecule has 9 heavy (non-hydrogen) atoms. The normalized spacial score (nSPS) is 16.8. The summed E-state index contributed by atoms with van der Waals surface area (Å²) in [6, 6.07) is -0.206. The first kappa shape index (κ1) is 8.43. The van der Waals surface area contributed by atoms with Gasteiger partial charge in [-0.1, -0.05) is 13.8 Å². The average molecular weight is 131 g/mol.